The van der Waals surface area contributed by atoms with E-state index in [1.165, 1.54) is 17.5 Å². The lowest BCUT2D eigenvalue weighted by atomic mass is 10.1. The first kappa shape index (κ1) is 18.3. The van der Waals surface area contributed by atoms with Crippen LogP contribution in [-0.4, -0.2) is 46.2 Å². The molecule has 2 aromatic carbocycles. The van der Waals surface area contributed by atoms with Crippen molar-refractivity contribution in [2.75, 3.05) is 14.1 Å². The summed E-state index contributed by atoms with van der Waals surface area (Å²) in [5.74, 6) is 0.798. The molecule has 1 saturated heterocycles. The molecule has 3 aromatic rings. The van der Waals surface area contributed by atoms with Crippen LogP contribution in [0, 0.1) is 13.8 Å². The number of nitrogens with zero attached hydrogens (tertiary/aromatic N) is 5. The van der Waals surface area contributed by atoms with Crippen LogP contribution in [-0.2, 0) is 4.79 Å². The molecular weight excluding hydrogens is 378 g/mol. The molecule has 1 atom stereocenters. The second kappa shape index (κ2) is 6.38. The number of imidazole rings is 1. The average molecular weight is 400 g/mol. The Kier molecular flexibility index (Phi) is 3.89. The molecule has 5 rings (SSSR count). The van der Waals surface area contributed by atoms with Gasteiger partial charge in [-0.1, -0.05) is 47.0 Å². The molecule has 7 heteroatoms. The van der Waals surface area contributed by atoms with Crippen LogP contribution in [0.4, 0.5) is 10.7 Å². The van der Waals surface area contributed by atoms with Crippen LogP contribution in [0.1, 0.15) is 17.2 Å². The third kappa shape index (κ3) is 2.51. The predicted molar refractivity (Wildman–Crippen MR) is 113 cm³/mol. The van der Waals surface area contributed by atoms with E-state index in [4.69, 9.17) is 4.99 Å². The quantitative estimate of drug-likeness (QED) is 0.621. The Balaban J connectivity index is 1.78. The monoisotopic (exact) mass is 400 g/mol. The molecule has 0 aliphatic carbocycles. The largest absolute Gasteiger partial charge is 0.407 e. The van der Waals surface area contributed by atoms with Gasteiger partial charge in [0, 0.05) is 19.7 Å². The normalized spacial score (nSPS) is 17.9. The van der Waals surface area contributed by atoms with Crippen LogP contribution in [0.3, 0.4) is 0 Å². The highest BCUT2D eigenvalue weighted by Gasteiger charge is 2.52. The lowest BCUT2D eigenvalue weighted by Crippen LogP contribution is -2.61. The number of rotatable bonds is 2. The number of carbonyl (C=O) groups is 2. The van der Waals surface area contributed by atoms with Crippen molar-refractivity contribution < 1.29 is 14.2 Å². The van der Waals surface area contributed by atoms with Gasteiger partial charge in [-0.3, -0.25) is 14.6 Å². The molecule has 1 unspecified atom stereocenters. The fourth-order valence-electron chi connectivity index (χ4n) is 4.09. The standard InChI is InChI=1S/C23H22N5O2/c1-14-8-10-16(11-9-14)18-13-27-19-20(25(3)23(30)26(4)21(19)29)24-22(27)28(18)17-7-5-6-15(2)12-17/h5-13,19H,1-4H3/q+1. The SMILES string of the molecule is Cc1ccc(-c2c[n+]3c(n2-c2cccc(C)c2)N=C2C3C(=O)N(C)C(=O)N2C)cc1. The van der Waals surface area contributed by atoms with E-state index in [0.29, 0.717) is 11.8 Å². The van der Waals surface area contributed by atoms with Crippen molar-refractivity contribution >= 4 is 23.7 Å². The summed E-state index contributed by atoms with van der Waals surface area (Å²) in [5, 5.41) is 0. The Bertz CT molecular complexity index is 1240. The molecule has 3 amide bonds. The lowest BCUT2D eigenvalue weighted by molar-refractivity contribution is -0.676. The summed E-state index contributed by atoms with van der Waals surface area (Å²) in [6.45, 7) is 4.10. The molecule has 1 fully saturated rings. The summed E-state index contributed by atoms with van der Waals surface area (Å²) < 4.78 is 3.92. The Morgan fingerprint density at radius 3 is 2.37 bits per heavy atom. The number of aryl methyl sites for hydroxylation is 2. The molecule has 7 nitrogen and oxygen atoms in total. The minimum absolute atomic E-state index is 0.280. The van der Waals surface area contributed by atoms with Gasteiger partial charge in [0.25, 0.3) is 5.91 Å². The topological polar surface area (TPSA) is 61.8 Å². The zero-order chi connectivity index (χ0) is 21.2. The van der Waals surface area contributed by atoms with Gasteiger partial charge >= 0.3 is 12.0 Å². The van der Waals surface area contributed by atoms with Crippen molar-refractivity contribution in [3.63, 3.8) is 0 Å². The second-order valence-corrected chi connectivity index (χ2v) is 7.87. The first-order chi connectivity index (χ1) is 14.4. The van der Waals surface area contributed by atoms with Crippen molar-refractivity contribution in [3.8, 4) is 16.9 Å². The van der Waals surface area contributed by atoms with E-state index in [-0.39, 0.29) is 11.9 Å². The van der Waals surface area contributed by atoms with Crippen LogP contribution >= 0.6 is 0 Å². The van der Waals surface area contributed by atoms with Gasteiger partial charge < -0.3 is 0 Å². The molecule has 30 heavy (non-hydrogen) atoms. The van der Waals surface area contributed by atoms with Gasteiger partial charge in [-0.25, -0.2) is 9.36 Å². The molecule has 0 N–H and O–H groups in total. The maximum Gasteiger partial charge on any atom is 0.407 e. The van der Waals surface area contributed by atoms with Crippen molar-refractivity contribution in [3.05, 3.63) is 65.9 Å². The van der Waals surface area contributed by atoms with Crippen molar-refractivity contribution in [1.29, 1.82) is 0 Å². The summed E-state index contributed by atoms with van der Waals surface area (Å²) in [6.07, 6.45) is 1.96. The molecule has 2 aliphatic rings. The van der Waals surface area contributed by atoms with Crippen LogP contribution in [0.15, 0.2) is 59.7 Å². The van der Waals surface area contributed by atoms with Crippen LogP contribution in [0.5, 0.6) is 0 Å². The van der Waals surface area contributed by atoms with Gasteiger partial charge in [-0.15, -0.1) is 0 Å². The minimum atomic E-state index is -0.650. The average Bonchev–Trinajstić information content (AvgIpc) is 3.27. The molecule has 0 radical (unpaired) electrons. The third-order valence-corrected chi connectivity index (χ3v) is 5.76. The highest BCUT2D eigenvalue weighted by molar-refractivity contribution is 6.18. The number of hydrogen-bond donors (Lipinski definition) is 0. The number of carbonyl (C=O) groups excluding carboxylic acids is 2. The van der Waals surface area contributed by atoms with Gasteiger partial charge in [0.1, 0.15) is 17.6 Å². The molecule has 0 spiro atoms. The van der Waals surface area contributed by atoms with Crippen molar-refractivity contribution in [2.45, 2.75) is 19.9 Å². The number of imide groups is 1. The van der Waals surface area contributed by atoms with Crippen molar-refractivity contribution in [2.24, 2.45) is 4.99 Å². The van der Waals surface area contributed by atoms with Gasteiger partial charge in [0.2, 0.25) is 11.9 Å². The Labute approximate surface area is 174 Å². The van der Waals surface area contributed by atoms with E-state index in [2.05, 4.69) is 41.8 Å². The minimum Gasteiger partial charge on any atom is -0.270 e. The number of hydrogen-bond acceptors (Lipinski definition) is 3. The fourth-order valence-corrected chi connectivity index (χ4v) is 4.09. The molecule has 0 saturated carbocycles. The number of amidine groups is 1. The van der Waals surface area contributed by atoms with Gasteiger partial charge in [0.05, 0.1) is 0 Å². The smallest absolute Gasteiger partial charge is 0.270 e. The first-order valence-electron chi connectivity index (χ1n) is 9.81. The van der Waals surface area contributed by atoms with Gasteiger partial charge in [0.15, 0.2) is 0 Å². The van der Waals surface area contributed by atoms with E-state index in [9.17, 15) is 9.59 Å². The molecule has 3 heterocycles. The van der Waals surface area contributed by atoms with E-state index >= 15 is 0 Å². The summed E-state index contributed by atoms with van der Waals surface area (Å²) >= 11 is 0. The van der Waals surface area contributed by atoms with Gasteiger partial charge in [-0.2, -0.15) is 4.57 Å². The second-order valence-electron chi connectivity index (χ2n) is 7.87. The summed E-state index contributed by atoms with van der Waals surface area (Å²) in [5.41, 5.74) is 5.23. The number of likely N-dealkylation sites (N-methyl/N-ethyl adjacent to an activating group) is 2. The zero-order valence-corrected chi connectivity index (χ0v) is 17.3. The Morgan fingerprint density at radius 1 is 0.933 bits per heavy atom. The van der Waals surface area contributed by atoms with E-state index in [1.54, 1.807) is 7.05 Å². The Morgan fingerprint density at radius 2 is 1.67 bits per heavy atom. The summed E-state index contributed by atoms with van der Waals surface area (Å²) in [4.78, 5) is 32.8. The lowest BCUT2D eigenvalue weighted by Gasteiger charge is -2.30. The van der Waals surface area contributed by atoms with Crippen LogP contribution in [0.2, 0.25) is 0 Å². The fraction of sp³-hybridized carbons (Fsp3) is 0.217. The molecule has 150 valence electrons. The first-order valence-corrected chi connectivity index (χ1v) is 9.81. The number of urea groups is 1. The molecule has 0 bridgehead atoms. The number of aromatic nitrogens is 2. The van der Waals surface area contributed by atoms with Crippen molar-refractivity contribution in [1.82, 2.24) is 14.4 Å². The van der Waals surface area contributed by atoms with Crippen LogP contribution in [0.25, 0.3) is 16.9 Å². The maximum atomic E-state index is 13.0. The Hall–Kier alpha value is -3.74. The zero-order valence-electron chi connectivity index (χ0n) is 17.3. The molecular formula is C23H22N5O2+. The number of benzene rings is 2. The predicted octanol–water partition coefficient (Wildman–Crippen LogP) is 3.16. The maximum absolute atomic E-state index is 13.0. The van der Waals surface area contributed by atoms with E-state index < -0.39 is 6.04 Å². The molecule has 2 aliphatic heterocycles. The number of fused-ring (bicyclic) bond motifs is 3. The third-order valence-electron chi connectivity index (χ3n) is 5.76. The highest BCUT2D eigenvalue weighted by Crippen LogP contribution is 2.34. The van der Waals surface area contributed by atoms with Crippen LogP contribution < -0.4 is 4.57 Å². The highest BCUT2D eigenvalue weighted by atomic mass is 16.2. The number of aliphatic imine (C=N–C) groups is 1. The van der Waals surface area contributed by atoms with E-state index in [0.717, 1.165) is 27.4 Å². The number of amides is 3. The summed E-state index contributed by atoms with van der Waals surface area (Å²) in [6, 6.07) is 15.4. The summed E-state index contributed by atoms with van der Waals surface area (Å²) in [7, 11) is 3.16. The van der Waals surface area contributed by atoms with E-state index in [1.807, 2.05) is 35.9 Å². The molecule has 1 aromatic heterocycles. The van der Waals surface area contributed by atoms with Gasteiger partial charge in [-0.05, 0) is 31.5 Å².